The van der Waals surface area contributed by atoms with E-state index < -0.39 is 0 Å². The Bertz CT molecular complexity index is 2260. The van der Waals surface area contributed by atoms with E-state index in [4.69, 9.17) is 28.9 Å². The van der Waals surface area contributed by atoms with Crippen molar-refractivity contribution < 1.29 is 9.59 Å². The molecule has 1 atom stereocenters. The Morgan fingerprint density at radius 3 is 1.88 bits per heavy atom. The molecular weight excluding hydrogens is 757 g/mol. The van der Waals surface area contributed by atoms with Gasteiger partial charge in [0, 0.05) is 75.3 Å². The van der Waals surface area contributed by atoms with Gasteiger partial charge < -0.3 is 26.2 Å². The standard InChI is InChI=1S/C24H26N4O.C15H14ClN3O.C5H5ClN2/c1-18(19-8-4-3-5-9-19)26-23-16-22(12-14-25-23)27(2)24(29)28-15-13-20-10-6-7-11-21(20)17-28;16-14-9-13(5-7-17-14)18-15(20)19-8-6-11-3-1-2-4-12(11)10-19;6-5-3-4(7)1-2-8-5/h3-12,14,16,18H,13,15,17H2,1-2H3,(H,25,26);1-5,7,9H,6,8,10H2,(H,17,18,20);1-3H,(H2,7,8)/t18-;;/m0../s1. The highest BCUT2D eigenvalue weighted by atomic mass is 35.5. The molecule has 4 N–H and O–H groups in total. The maximum Gasteiger partial charge on any atom is 0.324 e. The van der Waals surface area contributed by atoms with Crippen LogP contribution in [0.25, 0.3) is 0 Å². The van der Waals surface area contributed by atoms with Crippen molar-refractivity contribution >= 4 is 58.1 Å². The van der Waals surface area contributed by atoms with E-state index in [0.29, 0.717) is 34.8 Å². The van der Waals surface area contributed by atoms with Gasteiger partial charge in [0.2, 0.25) is 0 Å². The lowest BCUT2D eigenvalue weighted by Gasteiger charge is -2.32. The molecule has 0 spiro atoms. The van der Waals surface area contributed by atoms with Gasteiger partial charge in [-0.25, -0.2) is 24.5 Å². The molecule has 6 aromatic rings. The van der Waals surface area contributed by atoms with E-state index in [2.05, 4.69) is 75.0 Å². The molecule has 0 saturated heterocycles. The van der Waals surface area contributed by atoms with Gasteiger partial charge in [-0.15, -0.1) is 0 Å². The summed E-state index contributed by atoms with van der Waals surface area (Å²) in [7, 11) is 1.82. The van der Waals surface area contributed by atoms with Crippen molar-refractivity contribution in [1.29, 1.82) is 0 Å². The number of fused-ring (bicyclic) bond motifs is 2. The van der Waals surface area contributed by atoms with Crippen LogP contribution in [0.2, 0.25) is 10.3 Å². The van der Waals surface area contributed by atoms with E-state index in [1.807, 2.05) is 60.5 Å². The summed E-state index contributed by atoms with van der Waals surface area (Å²) in [5.41, 5.74) is 13.8. The van der Waals surface area contributed by atoms with E-state index in [0.717, 1.165) is 37.4 Å². The molecule has 0 radical (unpaired) electrons. The second kappa shape index (κ2) is 19.6. The molecule has 2 aliphatic heterocycles. The van der Waals surface area contributed by atoms with Gasteiger partial charge in [-0.2, -0.15) is 0 Å². The average molecular weight is 803 g/mol. The zero-order valence-electron chi connectivity index (χ0n) is 31.9. The minimum absolute atomic E-state index is 0.00719. The number of nitrogens with one attached hydrogen (secondary N) is 2. The zero-order chi connectivity index (χ0) is 40.1. The van der Waals surface area contributed by atoms with Crippen LogP contribution < -0.4 is 21.3 Å². The summed E-state index contributed by atoms with van der Waals surface area (Å²) < 4.78 is 0. The average Bonchev–Trinajstić information content (AvgIpc) is 3.23. The Labute approximate surface area is 343 Å². The molecule has 4 amide bonds. The maximum absolute atomic E-state index is 13.1. The third-order valence-electron chi connectivity index (χ3n) is 9.63. The van der Waals surface area contributed by atoms with Gasteiger partial charge in [0.1, 0.15) is 16.1 Å². The van der Waals surface area contributed by atoms with Crippen molar-refractivity contribution in [2.24, 2.45) is 0 Å². The number of carbonyl (C=O) groups excluding carboxylic acids is 2. The van der Waals surface area contributed by atoms with E-state index in [1.54, 1.807) is 52.7 Å². The highest BCUT2D eigenvalue weighted by Crippen LogP contribution is 2.25. The molecule has 8 rings (SSSR count). The summed E-state index contributed by atoms with van der Waals surface area (Å²) in [5.74, 6) is 0.752. The number of carbonyl (C=O) groups is 2. The first-order valence-corrected chi connectivity index (χ1v) is 19.4. The number of nitrogens with two attached hydrogens (primary N) is 1. The number of urea groups is 2. The van der Waals surface area contributed by atoms with Gasteiger partial charge in [-0.3, -0.25) is 4.90 Å². The first kappa shape index (κ1) is 40.5. The van der Waals surface area contributed by atoms with Crippen molar-refractivity contribution in [3.05, 3.63) is 172 Å². The largest absolute Gasteiger partial charge is 0.399 e. The summed E-state index contributed by atoms with van der Waals surface area (Å²) >= 11 is 11.3. The number of benzene rings is 3. The third kappa shape index (κ3) is 11.4. The molecule has 3 aromatic heterocycles. The molecule has 3 aromatic carbocycles. The number of anilines is 4. The Morgan fingerprint density at radius 1 is 0.702 bits per heavy atom. The first-order valence-electron chi connectivity index (χ1n) is 18.6. The number of pyridine rings is 3. The predicted molar refractivity (Wildman–Crippen MR) is 230 cm³/mol. The van der Waals surface area contributed by atoms with Crippen LogP contribution in [0.5, 0.6) is 0 Å². The van der Waals surface area contributed by atoms with Crippen LogP contribution >= 0.6 is 23.2 Å². The normalized spacial score (nSPS) is 13.3. The number of nitrogen functional groups attached to an aromatic ring is 1. The number of amides is 4. The maximum atomic E-state index is 13.1. The number of hydrogen-bond acceptors (Lipinski definition) is 7. The van der Waals surface area contributed by atoms with Gasteiger partial charge in [0.15, 0.2) is 0 Å². The fourth-order valence-electron chi connectivity index (χ4n) is 6.50. The van der Waals surface area contributed by atoms with Crippen molar-refractivity contribution in [3.8, 4) is 0 Å². The Morgan fingerprint density at radius 2 is 1.26 bits per heavy atom. The van der Waals surface area contributed by atoms with Crippen molar-refractivity contribution in [1.82, 2.24) is 24.8 Å². The second-order valence-corrected chi connectivity index (χ2v) is 14.4. The Hall–Kier alpha value is -6.17. The zero-order valence-corrected chi connectivity index (χ0v) is 33.4. The summed E-state index contributed by atoms with van der Waals surface area (Å²) in [4.78, 5) is 42.8. The number of halogens is 2. The lowest BCUT2D eigenvalue weighted by molar-refractivity contribution is 0.200. The van der Waals surface area contributed by atoms with Crippen molar-refractivity contribution in [2.75, 3.05) is 41.4 Å². The number of rotatable bonds is 5. The van der Waals surface area contributed by atoms with Gasteiger partial charge in [-0.1, -0.05) is 102 Å². The van der Waals surface area contributed by atoms with Crippen LogP contribution in [0.3, 0.4) is 0 Å². The number of aromatic nitrogens is 3. The van der Waals surface area contributed by atoms with Gasteiger partial charge in [0.25, 0.3) is 0 Å². The van der Waals surface area contributed by atoms with Crippen molar-refractivity contribution in [3.63, 3.8) is 0 Å². The second-order valence-electron chi connectivity index (χ2n) is 13.6. The van der Waals surface area contributed by atoms with E-state index in [1.165, 1.54) is 27.8 Å². The molecule has 13 heteroatoms. The van der Waals surface area contributed by atoms with Gasteiger partial charge >= 0.3 is 12.1 Å². The Balaban J connectivity index is 0.000000168. The summed E-state index contributed by atoms with van der Waals surface area (Å²) in [5, 5.41) is 7.07. The summed E-state index contributed by atoms with van der Waals surface area (Å²) in [6.45, 7) is 4.86. The van der Waals surface area contributed by atoms with Crippen LogP contribution in [0.15, 0.2) is 134 Å². The van der Waals surface area contributed by atoms with Crippen molar-refractivity contribution in [2.45, 2.75) is 38.9 Å². The fourth-order valence-corrected chi connectivity index (χ4v) is 6.86. The minimum Gasteiger partial charge on any atom is -0.399 e. The molecule has 0 aliphatic carbocycles. The molecule has 292 valence electrons. The molecule has 0 unspecified atom stereocenters. The number of nitrogens with zero attached hydrogens (tertiary/aromatic N) is 6. The third-order valence-corrected chi connectivity index (χ3v) is 10.0. The highest BCUT2D eigenvalue weighted by molar-refractivity contribution is 6.30. The van der Waals surface area contributed by atoms with Crippen LogP contribution in [-0.2, 0) is 25.9 Å². The molecule has 5 heterocycles. The lowest BCUT2D eigenvalue weighted by Crippen LogP contribution is -2.43. The topological polar surface area (TPSA) is 133 Å². The molecule has 0 saturated carbocycles. The molecular formula is C44H45Cl2N9O2. The molecule has 57 heavy (non-hydrogen) atoms. The SMILES string of the molecule is C[C@H](Nc1cc(N(C)C(=O)N2CCc3ccccc3C2)ccn1)c1ccccc1.Nc1ccnc(Cl)c1.O=C(Nc1ccnc(Cl)c1)N1CCc2ccccc2C1. The quantitative estimate of drug-likeness (QED) is 0.148. The smallest absolute Gasteiger partial charge is 0.324 e. The number of hydrogen-bond donors (Lipinski definition) is 3. The van der Waals surface area contributed by atoms with E-state index in [9.17, 15) is 9.59 Å². The van der Waals surface area contributed by atoms with E-state index >= 15 is 0 Å². The Kier molecular flexibility index (Phi) is 13.9. The van der Waals surface area contributed by atoms with Crippen LogP contribution in [0.1, 0.15) is 40.8 Å². The molecule has 2 aliphatic rings. The predicted octanol–water partition coefficient (Wildman–Crippen LogP) is 9.51. The summed E-state index contributed by atoms with van der Waals surface area (Å²) in [6, 6.07) is 37.3. The highest BCUT2D eigenvalue weighted by Gasteiger charge is 2.24. The molecule has 11 nitrogen and oxygen atoms in total. The van der Waals surface area contributed by atoms with Gasteiger partial charge in [-0.05, 0) is 77.9 Å². The van der Waals surface area contributed by atoms with Crippen LogP contribution in [-0.4, -0.2) is 57.0 Å². The fraction of sp³-hybridized carbons (Fsp3) is 0.205. The lowest BCUT2D eigenvalue weighted by atomic mass is 10.0. The first-order chi connectivity index (χ1) is 27.6. The molecule has 0 bridgehead atoms. The summed E-state index contributed by atoms with van der Waals surface area (Å²) in [6.07, 6.45) is 6.67. The van der Waals surface area contributed by atoms with Gasteiger partial charge in [0.05, 0.1) is 5.69 Å². The monoisotopic (exact) mass is 801 g/mol. The van der Waals surface area contributed by atoms with E-state index in [-0.39, 0.29) is 18.1 Å². The molecule has 0 fully saturated rings. The van der Waals surface area contributed by atoms with Crippen LogP contribution in [0, 0.1) is 0 Å². The van der Waals surface area contributed by atoms with Crippen LogP contribution in [0.4, 0.5) is 32.5 Å². The minimum atomic E-state index is -0.109.